The van der Waals surface area contributed by atoms with Crippen molar-refractivity contribution in [3.63, 3.8) is 0 Å². The van der Waals surface area contributed by atoms with E-state index in [1.165, 1.54) is 25.8 Å². The van der Waals surface area contributed by atoms with Crippen molar-refractivity contribution in [3.05, 3.63) is 0 Å². The van der Waals surface area contributed by atoms with Gasteiger partial charge in [-0.1, -0.05) is 13.3 Å². The van der Waals surface area contributed by atoms with Crippen molar-refractivity contribution in [2.75, 3.05) is 26.8 Å². The van der Waals surface area contributed by atoms with Gasteiger partial charge < -0.3 is 10.1 Å². The average Bonchev–Trinajstić information content (AvgIpc) is 2.30. The summed E-state index contributed by atoms with van der Waals surface area (Å²) in [4.78, 5) is 2.63. The summed E-state index contributed by atoms with van der Waals surface area (Å²) in [6, 6.07) is 1.81. The van der Waals surface area contributed by atoms with Crippen LogP contribution in [0.1, 0.15) is 40.0 Å². The first-order valence-electron chi connectivity index (χ1n) is 6.68. The Morgan fingerprint density at radius 2 is 2.12 bits per heavy atom. The lowest BCUT2D eigenvalue weighted by Crippen LogP contribution is -2.54. The number of methoxy groups -OCH3 is 1. The fourth-order valence-electron chi connectivity index (χ4n) is 2.86. The zero-order valence-corrected chi connectivity index (χ0v) is 11.3. The zero-order valence-electron chi connectivity index (χ0n) is 11.3. The Morgan fingerprint density at radius 3 is 2.75 bits per heavy atom. The Hall–Kier alpha value is -0.120. The van der Waals surface area contributed by atoms with Crippen LogP contribution in [0.25, 0.3) is 0 Å². The van der Waals surface area contributed by atoms with E-state index in [4.69, 9.17) is 4.74 Å². The second kappa shape index (κ2) is 7.25. The van der Waals surface area contributed by atoms with E-state index >= 15 is 0 Å². The number of likely N-dealkylation sites (tertiary alicyclic amines) is 1. The van der Waals surface area contributed by atoms with E-state index in [2.05, 4.69) is 31.0 Å². The first-order chi connectivity index (χ1) is 7.70. The molecule has 0 saturated carbocycles. The van der Waals surface area contributed by atoms with Crippen LogP contribution in [0.4, 0.5) is 0 Å². The second-order valence-electron chi connectivity index (χ2n) is 4.95. The number of nitrogens with zero attached hydrogens (tertiary/aromatic N) is 1. The van der Waals surface area contributed by atoms with Crippen molar-refractivity contribution in [3.8, 4) is 0 Å². The molecule has 0 aromatic heterocycles. The van der Waals surface area contributed by atoms with Crippen molar-refractivity contribution in [1.29, 1.82) is 0 Å². The van der Waals surface area contributed by atoms with Crippen molar-refractivity contribution in [1.82, 2.24) is 10.2 Å². The number of piperidine rings is 1. The molecule has 1 saturated heterocycles. The topological polar surface area (TPSA) is 24.5 Å². The summed E-state index contributed by atoms with van der Waals surface area (Å²) in [5, 5.41) is 3.56. The zero-order chi connectivity index (χ0) is 12.0. The number of ether oxygens (including phenoxy) is 1. The van der Waals surface area contributed by atoms with E-state index in [9.17, 15) is 0 Å². The van der Waals surface area contributed by atoms with Gasteiger partial charge in [-0.3, -0.25) is 4.90 Å². The van der Waals surface area contributed by atoms with Gasteiger partial charge in [0.25, 0.3) is 0 Å². The van der Waals surface area contributed by atoms with E-state index in [-0.39, 0.29) is 0 Å². The molecule has 0 amide bonds. The molecule has 1 fully saturated rings. The largest absolute Gasteiger partial charge is 0.383 e. The van der Waals surface area contributed by atoms with Crippen molar-refractivity contribution >= 4 is 0 Å². The first kappa shape index (κ1) is 13.9. The molecule has 3 heteroatoms. The molecular weight excluding hydrogens is 200 g/mol. The third-order valence-corrected chi connectivity index (χ3v) is 3.67. The van der Waals surface area contributed by atoms with Crippen LogP contribution < -0.4 is 5.32 Å². The lowest BCUT2D eigenvalue weighted by molar-refractivity contribution is 0.0362. The Kier molecular flexibility index (Phi) is 6.32. The minimum absolute atomic E-state index is 0.538. The smallest absolute Gasteiger partial charge is 0.0615 e. The van der Waals surface area contributed by atoms with Gasteiger partial charge in [0.2, 0.25) is 0 Å². The molecule has 0 aromatic rings. The molecule has 1 heterocycles. The second-order valence-corrected chi connectivity index (χ2v) is 4.95. The predicted molar refractivity (Wildman–Crippen MR) is 68.8 cm³/mol. The third kappa shape index (κ3) is 3.72. The van der Waals surface area contributed by atoms with Gasteiger partial charge in [-0.05, 0) is 39.8 Å². The maximum absolute atomic E-state index is 5.28. The summed E-state index contributed by atoms with van der Waals surface area (Å²) >= 11 is 0. The Balaban J connectivity index is 2.55. The SMILES string of the molecule is CCNC(C)C1CCCCN1C(C)COC. The quantitative estimate of drug-likeness (QED) is 0.751. The van der Waals surface area contributed by atoms with Crippen LogP contribution in [0, 0.1) is 0 Å². The van der Waals surface area contributed by atoms with Gasteiger partial charge in [0.05, 0.1) is 6.61 Å². The maximum atomic E-state index is 5.28. The van der Waals surface area contributed by atoms with E-state index in [1.807, 2.05) is 0 Å². The first-order valence-corrected chi connectivity index (χ1v) is 6.68. The normalized spacial score (nSPS) is 26.6. The number of likely N-dealkylation sites (N-methyl/N-ethyl adjacent to an activating group) is 1. The van der Waals surface area contributed by atoms with Crippen LogP contribution in [-0.2, 0) is 4.74 Å². The molecule has 1 aliphatic rings. The molecule has 0 spiro atoms. The van der Waals surface area contributed by atoms with Gasteiger partial charge in [-0.25, -0.2) is 0 Å². The number of nitrogens with one attached hydrogen (secondary N) is 1. The van der Waals surface area contributed by atoms with Crippen molar-refractivity contribution in [2.45, 2.75) is 58.2 Å². The van der Waals surface area contributed by atoms with Crippen molar-refractivity contribution < 1.29 is 4.74 Å². The lowest BCUT2D eigenvalue weighted by Gasteiger charge is -2.42. The molecule has 3 unspecified atom stereocenters. The van der Waals surface area contributed by atoms with Gasteiger partial charge in [0, 0.05) is 25.2 Å². The van der Waals surface area contributed by atoms with Crippen LogP contribution in [0.2, 0.25) is 0 Å². The summed E-state index contributed by atoms with van der Waals surface area (Å²) in [5.74, 6) is 0. The highest BCUT2D eigenvalue weighted by Crippen LogP contribution is 2.22. The minimum Gasteiger partial charge on any atom is -0.383 e. The van der Waals surface area contributed by atoms with Crippen LogP contribution in [0.3, 0.4) is 0 Å². The molecule has 1 aliphatic heterocycles. The maximum Gasteiger partial charge on any atom is 0.0615 e. The summed E-state index contributed by atoms with van der Waals surface area (Å²) < 4.78 is 5.28. The highest BCUT2D eigenvalue weighted by Gasteiger charge is 2.29. The van der Waals surface area contributed by atoms with E-state index in [0.29, 0.717) is 18.1 Å². The molecule has 96 valence electrons. The Bertz CT molecular complexity index is 167. The standard InChI is InChI=1S/C13H28N2O/c1-5-14-12(3)13-8-6-7-9-15(13)11(2)10-16-4/h11-14H,5-10H2,1-4H3. The van der Waals surface area contributed by atoms with Crippen molar-refractivity contribution in [2.24, 2.45) is 0 Å². The molecule has 0 radical (unpaired) electrons. The molecule has 16 heavy (non-hydrogen) atoms. The molecular formula is C13H28N2O. The Morgan fingerprint density at radius 1 is 1.38 bits per heavy atom. The summed E-state index contributed by atoms with van der Waals surface area (Å²) in [7, 11) is 1.79. The van der Waals surface area contributed by atoms with Gasteiger partial charge in [0.15, 0.2) is 0 Å². The Labute approximate surface area is 101 Å². The number of hydrogen-bond acceptors (Lipinski definition) is 3. The third-order valence-electron chi connectivity index (χ3n) is 3.67. The lowest BCUT2D eigenvalue weighted by atomic mass is 9.95. The summed E-state index contributed by atoms with van der Waals surface area (Å²) in [6.45, 7) is 9.90. The average molecular weight is 228 g/mol. The van der Waals surface area contributed by atoms with Gasteiger partial charge in [-0.15, -0.1) is 0 Å². The molecule has 1 N–H and O–H groups in total. The highest BCUT2D eigenvalue weighted by molar-refractivity contribution is 4.87. The van der Waals surface area contributed by atoms with Gasteiger partial charge in [0.1, 0.15) is 0 Å². The van der Waals surface area contributed by atoms with Gasteiger partial charge >= 0.3 is 0 Å². The minimum atomic E-state index is 0.538. The van der Waals surface area contributed by atoms with Crippen LogP contribution in [0.5, 0.6) is 0 Å². The van der Waals surface area contributed by atoms with E-state index < -0.39 is 0 Å². The van der Waals surface area contributed by atoms with Crippen LogP contribution in [-0.4, -0.2) is 49.8 Å². The molecule has 3 atom stereocenters. The van der Waals surface area contributed by atoms with Gasteiger partial charge in [-0.2, -0.15) is 0 Å². The van der Waals surface area contributed by atoms with Crippen LogP contribution in [0.15, 0.2) is 0 Å². The fraction of sp³-hybridized carbons (Fsp3) is 1.00. The molecule has 3 nitrogen and oxygen atoms in total. The summed E-state index contributed by atoms with van der Waals surface area (Å²) in [6.07, 6.45) is 4.03. The number of hydrogen-bond donors (Lipinski definition) is 1. The molecule has 1 rings (SSSR count). The number of rotatable bonds is 6. The molecule has 0 aliphatic carbocycles. The monoisotopic (exact) mass is 228 g/mol. The van der Waals surface area contributed by atoms with E-state index in [0.717, 1.165) is 13.2 Å². The highest BCUT2D eigenvalue weighted by atomic mass is 16.5. The molecule has 0 aromatic carbocycles. The fourth-order valence-corrected chi connectivity index (χ4v) is 2.86. The summed E-state index contributed by atoms with van der Waals surface area (Å²) in [5.41, 5.74) is 0. The van der Waals surface area contributed by atoms with E-state index in [1.54, 1.807) is 7.11 Å². The predicted octanol–water partition coefficient (Wildman–Crippen LogP) is 1.87. The van der Waals surface area contributed by atoms with Crippen LogP contribution >= 0.6 is 0 Å². The molecule has 0 bridgehead atoms.